The summed E-state index contributed by atoms with van der Waals surface area (Å²) in [6.07, 6.45) is 14.2. The maximum Gasteiger partial charge on any atom is 0.306 e. The van der Waals surface area contributed by atoms with Gasteiger partial charge in [0.15, 0.2) is 17.2 Å². The molecular formula is C58H82O15. The van der Waals surface area contributed by atoms with Crippen molar-refractivity contribution >= 4 is 35.3 Å². The van der Waals surface area contributed by atoms with E-state index >= 15 is 0 Å². The summed E-state index contributed by atoms with van der Waals surface area (Å²) in [7, 11) is 0. The van der Waals surface area contributed by atoms with Crippen molar-refractivity contribution in [1.82, 2.24) is 0 Å². The van der Waals surface area contributed by atoms with Crippen LogP contribution in [0.25, 0.3) is 0 Å². The number of hydrogen-bond donors (Lipinski definition) is 6. The Morgan fingerprint density at radius 3 is 1.40 bits per heavy atom. The number of ketones is 3. The quantitative estimate of drug-likeness (QED) is 0.0372. The third-order valence-electron chi connectivity index (χ3n) is 20.3. The first kappa shape index (κ1) is 55.4. The fourth-order valence-corrected chi connectivity index (χ4v) is 16.9. The molecule has 0 bridgehead atoms. The maximum absolute atomic E-state index is 14.5. The van der Waals surface area contributed by atoms with E-state index in [1.165, 1.54) is 13.8 Å². The molecule has 0 unspecified atom stereocenters. The SMILES string of the molecule is CC(=O)O[C@@]12[C@H](OC(=O)CCCCCCCCCCCCC(=O)[C@@H]3[C@@H](C)[C@@]4(O)[C@@H](C=C(CO)C[C@]5(O)C(=O)C(C)=C[C@@H]45)[C@@H]4C(C)(C)[C@]34OC(C)=O)[C@@H](C)[C@@]3(O)[C@@H](C=C(CO)C[C@]4(O)C(=O)C(C)=C[C@@H]34)[C@@H]1C2(C)C. The summed E-state index contributed by atoms with van der Waals surface area (Å²) in [5.41, 5.74) is -10.0. The zero-order valence-corrected chi connectivity index (χ0v) is 44.8. The van der Waals surface area contributed by atoms with Crippen molar-refractivity contribution in [2.75, 3.05) is 13.2 Å². The van der Waals surface area contributed by atoms with Crippen molar-refractivity contribution in [3.05, 3.63) is 46.6 Å². The van der Waals surface area contributed by atoms with Crippen LogP contribution in [0.15, 0.2) is 46.6 Å². The van der Waals surface area contributed by atoms with Crippen molar-refractivity contribution in [2.45, 2.75) is 199 Å². The molecular weight excluding hydrogens is 937 g/mol. The van der Waals surface area contributed by atoms with Crippen LogP contribution in [0.2, 0.25) is 0 Å². The van der Waals surface area contributed by atoms with Crippen LogP contribution >= 0.6 is 0 Å². The molecule has 8 aliphatic carbocycles. The molecule has 6 N–H and O–H groups in total. The molecule has 0 amide bonds. The van der Waals surface area contributed by atoms with Crippen LogP contribution in [0.4, 0.5) is 0 Å². The van der Waals surface area contributed by atoms with Gasteiger partial charge in [0, 0.05) is 91.8 Å². The lowest BCUT2D eigenvalue weighted by atomic mass is 9.55. The van der Waals surface area contributed by atoms with E-state index in [1.807, 2.05) is 27.7 Å². The van der Waals surface area contributed by atoms with Crippen molar-refractivity contribution in [2.24, 2.45) is 64.1 Å². The Bertz CT molecular complexity index is 2430. The number of Topliss-reactive ketones (excluding diaryl/α,β-unsaturated/α-hetero) is 3. The van der Waals surface area contributed by atoms with Crippen LogP contribution in [-0.2, 0) is 43.0 Å². The van der Waals surface area contributed by atoms with Crippen LogP contribution in [0.3, 0.4) is 0 Å². The highest BCUT2D eigenvalue weighted by atomic mass is 16.6. The molecule has 15 heteroatoms. The number of carbonyl (C=O) groups excluding carboxylic acids is 6. The minimum Gasteiger partial charge on any atom is -0.458 e. The largest absolute Gasteiger partial charge is 0.458 e. The first-order chi connectivity index (χ1) is 34.1. The lowest BCUT2D eigenvalue weighted by molar-refractivity contribution is -0.228. The zero-order valence-electron chi connectivity index (χ0n) is 44.8. The van der Waals surface area contributed by atoms with Crippen LogP contribution in [0.1, 0.15) is 159 Å². The van der Waals surface area contributed by atoms with Crippen LogP contribution in [0.5, 0.6) is 0 Å². The summed E-state index contributed by atoms with van der Waals surface area (Å²) >= 11 is 0. The number of hydrogen-bond acceptors (Lipinski definition) is 15. The van der Waals surface area contributed by atoms with Gasteiger partial charge in [-0.25, -0.2) is 0 Å². The summed E-state index contributed by atoms with van der Waals surface area (Å²) in [4.78, 5) is 80.7. The molecule has 0 heterocycles. The van der Waals surface area contributed by atoms with Gasteiger partial charge in [-0.1, -0.05) is 117 Å². The Hall–Kier alpha value is -3.86. The Kier molecular flexibility index (Phi) is 14.4. The van der Waals surface area contributed by atoms with Gasteiger partial charge in [0.25, 0.3) is 0 Å². The van der Waals surface area contributed by atoms with Gasteiger partial charge in [-0.05, 0) is 54.9 Å². The van der Waals surface area contributed by atoms with E-state index in [0.717, 1.165) is 51.4 Å². The van der Waals surface area contributed by atoms with Gasteiger partial charge in [-0.3, -0.25) is 28.8 Å². The molecule has 8 aliphatic rings. The number of fused-ring (bicyclic) bond motifs is 10. The van der Waals surface area contributed by atoms with E-state index in [0.29, 0.717) is 35.1 Å². The van der Waals surface area contributed by atoms with Crippen molar-refractivity contribution in [1.29, 1.82) is 0 Å². The second kappa shape index (κ2) is 19.0. The van der Waals surface area contributed by atoms with E-state index in [2.05, 4.69) is 0 Å². The van der Waals surface area contributed by atoms with Gasteiger partial charge >= 0.3 is 17.9 Å². The van der Waals surface area contributed by atoms with Gasteiger partial charge in [-0.15, -0.1) is 0 Å². The molecule has 0 aromatic heterocycles. The average molecular weight is 1020 g/mol. The minimum atomic E-state index is -2.00. The normalized spacial score (nSPS) is 42.1. The Morgan fingerprint density at radius 1 is 0.575 bits per heavy atom. The summed E-state index contributed by atoms with van der Waals surface area (Å²) in [5, 5.41) is 70.6. The molecule has 8 rings (SSSR count). The second-order valence-corrected chi connectivity index (χ2v) is 24.9. The molecule has 16 atom stereocenters. The zero-order chi connectivity index (χ0) is 53.8. The lowest BCUT2D eigenvalue weighted by Crippen LogP contribution is -2.66. The van der Waals surface area contributed by atoms with Crippen LogP contribution in [0, 0.1) is 64.1 Å². The second-order valence-electron chi connectivity index (χ2n) is 24.9. The first-order valence-corrected chi connectivity index (χ1v) is 27.1. The summed E-state index contributed by atoms with van der Waals surface area (Å²) in [6, 6.07) is 0. The molecule has 4 saturated carbocycles. The number of aliphatic hydroxyl groups is 6. The summed E-state index contributed by atoms with van der Waals surface area (Å²) in [5.74, 6) is -9.82. The minimum absolute atomic E-state index is 0.116. The summed E-state index contributed by atoms with van der Waals surface area (Å²) < 4.78 is 18.6. The standard InChI is InChI=1S/C58H82O15/c1-31-23-42-53(67,48(31)65)27-37(29-59)25-39-46-51(7,8)57(46,72-35(5)61)45(33(3)55(39,42)69)41(63)21-19-17-15-13-11-12-14-16-18-20-22-44(64)71-50-34(4)56(70)40(47-52(9,10)58(47,50)73-36(6)62)26-38(30-60)28-54(68)43(56)24-32(2)49(54)66/h23-26,33-34,39-40,42-43,45-47,50,59-60,67-70H,11-22,27-30H2,1-10H3/t33-,34-,39+,40+,42-,43-,45+,46-,47-,50-,53-,54-,55-,56-,57+,58-/m1/s1. The van der Waals surface area contributed by atoms with E-state index in [9.17, 15) is 59.4 Å². The Morgan fingerprint density at radius 2 is 0.959 bits per heavy atom. The molecule has 0 aromatic rings. The maximum atomic E-state index is 14.5. The van der Waals surface area contributed by atoms with E-state index < -0.39 is 146 Å². The fourth-order valence-electron chi connectivity index (χ4n) is 16.9. The van der Waals surface area contributed by atoms with Gasteiger partial charge in [-0.2, -0.15) is 0 Å². The van der Waals surface area contributed by atoms with E-state index in [4.69, 9.17) is 14.2 Å². The monoisotopic (exact) mass is 1020 g/mol. The predicted octanol–water partition coefficient (Wildman–Crippen LogP) is 6.07. The topological polar surface area (TPSA) is 251 Å². The fraction of sp³-hybridized carbons (Fsp3) is 0.759. The lowest BCUT2D eigenvalue weighted by Gasteiger charge is -2.53. The molecule has 0 radical (unpaired) electrons. The van der Waals surface area contributed by atoms with Crippen molar-refractivity contribution < 1.29 is 73.6 Å². The van der Waals surface area contributed by atoms with Gasteiger partial charge in [0.05, 0.1) is 30.3 Å². The molecule has 15 nitrogen and oxygen atoms in total. The molecule has 0 aromatic carbocycles. The highest BCUT2D eigenvalue weighted by Gasteiger charge is 2.89. The number of esters is 3. The van der Waals surface area contributed by atoms with Crippen LogP contribution < -0.4 is 0 Å². The number of ether oxygens (including phenoxy) is 3. The number of aliphatic hydroxyl groups excluding tert-OH is 2. The number of rotatable bonds is 19. The highest BCUT2D eigenvalue weighted by Crippen LogP contribution is 2.79. The highest BCUT2D eigenvalue weighted by molar-refractivity contribution is 6.05. The van der Waals surface area contributed by atoms with Crippen LogP contribution in [-0.4, -0.2) is 119 Å². The van der Waals surface area contributed by atoms with Gasteiger partial charge in [0.2, 0.25) is 0 Å². The smallest absolute Gasteiger partial charge is 0.306 e. The van der Waals surface area contributed by atoms with E-state index in [1.54, 1.807) is 52.0 Å². The van der Waals surface area contributed by atoms with Crippen molar-refractivity contribution in [3.63, 3.8) is 0 Å². The average Bonchev–Trinajstić information content (AvgIpc) is 3.94. The number of carbonyl (C=O) groups is 6. The Balaban J connectivity index is 0.815. The molecule has 0 saturated heterocycles. The third-order valence-corrected chi connectivity index (χ3v) is 20.3. The molecule has 73 heavy (non-hydrogen) atoms. The summed E-state index contributed by atoms with van der Waals surface area (Å²) in [6.45, 7) is 16.2. The Labute approximate surface area is 430 Å². The van der Waals surface area contributed by atoms with E-state index in [-0.39, 0.29) is 31.5 Å². The number of unbranched alkanes of at least 4 members (excludes halogenated alkanes) is 9. The van der Waals surface area contributed by atoms with Crippen molar-refractivity contribution in [3.8, 4) is 0 Å². The molecule has 4 fully saturated rings. The molecule has 0 aliphatic heterocycles. The molecule has 404 valence electrons. The first-order valence-electron chi connectivity index (χ1n) is 27.1. The predicted molar refractivity (Wildman–Crippen MR) is 267 cm³/mol. The third kappa shape index (κ3) is 7.99. The van der Waals surface area contributed by atoms with Gasteiger partial charge < -0.3 is 44.8 Å². The van der Waals surface area contributed by atoms with Gasteiger partial charge in [0.1, 0.15) is 28.7 Å². The molecule has 0 spiro atoms.